The smallest absolute Gasteiger partial charge is 0.0541 e. The number of aromatic nitrogens is 1. The van der Waals surface area contributed by atoms with Crippen molar-refractivity contribution in [2.45, 2.75) is 7.43 Å². The van der Waals surface area contributed by atoms with Crippen LogP contribution in [0.25, 0.3) is 49.7 Å². The Balaban J connectivity index is 0.00000228. The lowest BCUT2D eigenvalue weighted by Crippen LogP contribution is -1.95. The Kier molecular flexibility index (Phi) is 5.20. The molecule has 6 aromatic rings. The average Bonchev–Trinajstić information content (AvgIpc) is 3.18. The molecule has 0 atom stereocenters. The van der Waals surface area contributed by atoms with E-state index in [9.17, 15) is 0 Å². The van der Waals surface area contributed by atoms with Gasteiger partial charge in [-0.2, -0.15) is 0 Å². The lowest BCUT2D eigenvalue weighted by Gasteiger charge is -2.09. The molecule has 5 aromatic carbocycles. The van der Waals surface area contributed by atoms with Gasteiger partial charge in [-0.3, -0.25) is 0 Å². The normalized spacial score (nSPS) is 10.9. The quantitative estimate of drug-likeness (QED) is 0.283. The van der Waals surface area contributed by atoms with Crippen LogP contribution in [0.5, 0.6) is 0 Å². The summed E-state index contributed by atoms with van der Waals surface area (Å²) in [6.07, 6.45) is 0. The van der Waals surface area contributed by atoms with E-state index in [1.54, 1.807) is 0 Å². The monoisotopic (exact) mass is 426 g/mol. The molecule has 0 saturated carbocycles. The molecule has 0 fully saturated rings. The zero-order valence-corrected chi connectivity index (χ0v) is 17.6. The highest BCUT2D eigenvalue weighted by Gasteiger charge is 2.14. The van der Waals surface area contributed by atoms with Crippen molar-refractivity contribution < 1.29 is 0 Å². The number of hydrogen-bond acceptors (Lipinski definition) is 1. The second-order valence-corrected chi connectivity index (χ2v) is 8.13. The first-order valence-electron chi connectivity index (χ1n) is 10.8. The van der Waals surface area contributed by atoms with Gasteiger partial charge in [-0.25, -0.2) is 0 Å². The zero-order chi connectivity index (χ0) is 21.5. The lowest BCUT2D eigenvalue weighted by atomic mass is 10.0. The molecular formula is C31H26N2. The first kappa shape index (κ1) is 20.6. The third kappa shape index (κ3) is 3.56. The summed E-state index contributed by atoms with van der Waals surface area (Å²) in [5.41, 5.74) is 15.2. The van der Waals surface area contributed by atoms with Crippen LogP contribution in [0.4, 0.5) is 5.69 Å². The third-order valence-corrected chi connectivity index (χ3v) is 6.11. The molecule has 0 spiro atoms. The molecule has 0 aliphatic heterocycles. The van der Waals surface area contributed by atoms with E-state index in [0.717, 1.165) is 11.4 Å². The summed E-state index contributed by atoms with van der Waals surface area (Å²) in [6, 6.07) is 42.7. The minimum absolute atomic E-state index is 0. The van der Waals surface area contributed by atoms with Gasteiger partial charge in [-0.1, -0.05) is 86.3 Å². The summed E-state index contributed by atoms with van der Waals surface area (Å²) in [4.78, 5) is 0. The Morgan fingerprint density at radius 1 is 0.455 bits per heavy atom. The van der Waals surface area contributed by atoms with Crippen LogP contribution in [0.3, 0.4) is 0 Å². The molecule has 2 heteroatoms. The summed E-state index contributed by atoms with van der Waals surface area (Å²) in [5.74, 6) is 0. The largest absolute Gasteiger partial charge is 0.399 e. The maximum atomic E-state index is 6.14. The highest BCUT2D eigenvalue weighted by Crippen LogP contribution is 2.37. The fraction of sp³-hybridized carbons (Fsp3) is 0.0323. The number of nitrogens with two attached hydrogens (primary N) is 1. The van der Waals surface area contributed by atoms with Crippen molar-refractivity contribution in [2.24, 2.45) is 0 Å². The van der Waals surface area contributed by atoms with Gasteiger partial charge in [0, 0.05) is 22.1 Å². The van der Waals surface area contributed by atoms with E-state index in [2.05, 4.69) is 108 Å². The number of nitrogen functional groups attached to an aromatic ring is 1. The summed E-state index contributed by atoms with van der Waals surface area (Å²) in [5, 5.41) is 2.48. The van der Waals surface area contributed by atoms with Gasteiger partial charge in [-0.05, 0) is 64.7 Å². The fourth-order valence-electron chi connectivity index (χ4n) is 4.59. The second-order valence-electron chi connectivity index (χ2n) is 8.13. The number of benzene rings is 5. The van der Waals surface area contributed by atoms with Gasteiger partial charge < -0.3 is 10.3 Å². The Labute approximate surface area is 194 Å². The van der Waals surface area contributed by atoms with Gasteiger partial charge in [0.25, 0.3) is 0 Å². The van der Waals surface area contributed by atoms with Crippen molar-refractivity contribution in [3.63, 3.8) is 0 Å². The molecule has 160 valence electrons. The van der Waals surface area contributed by atoms with Gasteiger partial charge in [0.1, 0.15) is 0 Å². The standard InChI is InChI=1S/C30H22N2.CH4/c31-25-12-7-13-26(20-25)32-29-16-14-23(21-8-3-1-4-9-21)18-27(29)28-19-24(15-17-30(28)32)22-10-5-2-6-11-22;/h1-20H,31H2;1H4. The van der Waals surface area contributed by atoms with Gasteiger partial charge in [0.05, 0.1) is 11.0 Å². The molecule has 0 radical (unpaired) electrons. The molecule has 33 heavy (non-hydrogen) atoms. The predicted molar refractivity (Wildman–Crippen MR) is 143 cm³/mol. The molecule has 0 saturated heterocycles. The number of nitrogens with zero attached hydrogens (tertiary/aromatic N) is 1. The van der Waals surface area contributed by atoms with Crippen LogP contribution in [-0.2, 0) is 0 Å². The maximum Gasteiger partial charge on any atom is 0.0541 e. The first-order chi connectivity index (χ1) is 15.8. The molecule has 1 heterocycles. The van der Waals surface area contributed by atoms with E-state index in [1.165, 1.54) is 44.1 Å². The number of hydrogen-bond donors (Lipinski definition) is 1. The Morgan fingerprint density at radius 3 is 1.45 bits per heavy atom. The van der Waals surface area contributed by atoms with Crippen LogP contribution >= 0.6 is 0 Å². The Bertz CT molecular complexity index is 1460. The Morgan fingerprint density at radius 2 is 0.970 bits per heavy atom. The molecule has 0 amide bonds. The predicted octanol–water partition coefficient (Wildman–Crippen LogP) is 8.34. The van der Waals surface area contributed by atoms with Gasteiger partial charge in [0.15, 0.2) is 0 Å². The van der Waals surface area contributed by atoms with Gasteiger partial charge >= 0.3 is 0 Å². The second kappa shape index (κ2) is 8.33. The van der Waals surface area contributed by atoms with Gasteiger partial charge in [0.2, 0.25) is 0 Å². The topological polar surface area (TPSA) is 30.9 Å². The number of rotatable bonds is 3. The van der Waals surface area contributed by atoms with E-state index in [1.807, 2.05) is 18.2 Å². The van der Waals surface area contributed by atoms with Crippen LogP contribution in [0.15, 0.2) is 121 Å². The van der Waals surface area contributed by atoms with Crippen LogP contribution in [-0.4, -0.2) is 4.57 Å². The van der Waals surface area contributed by atoms with Crippen molar-refractivity contribution in [1.29, 1.82) is 0 Å². The summed E-state index contributed by atoms with van der Waals surface area (Å²) >= 11 is 0. The number of fused-ring (bicyclic) bond motifs is 3. The highest BCUT2D eigenvalue weighted by atomic mass is 15.0. The van der Waals surface area contributed by atoms with Crippen molar-refractivity contribution in [1.82, 2.24) is 4.57 Å². The minimum atomic E-state index is 0. The molecule has 0 bridgehead atoms. The molecular weight excluding hydrogens is 400 g/mol. The minimum Gasteiger partial charge on any atom is -0.399 e. The third-order valence-electron chi connectivity index (χ3n) is 6.11. The van der Waals surface area contributed by atoms with Crippen molar-refractivity contribution in [2.75, 3.05) is 5.73 Å². The van der Waals surface area contributed by atoms with E-state index in [0.29, 0.717) is 0 Å². The molecule has 0 aliphatic carbocycles. The summed E-state index contributed by atoms with van der Waals surface area (Å²) in [6.45, 7) is 0. The van der Waals surface area contributed by atoms with E-state index in [-0.39, 0.29) is 7.43 Å². The van der Waals surface area contributed by atoms with Crippen molar-refractivity contribution >= 4 is 27.5 Å². The first-order valence-corrected chi connectivity index (χ1v) is 10.8. The Hall–Kier alpha value is -4.30. The molecule has 1 aromatic heterocycles. The molecule has 6 rings (SSSR count). The summed E-state index contributed by atoms with van der Waals surface area (Å²) < 4.78 is 2.31. The van der Waals surface area contributed by atoms with Gasteiger partial charge in [-0.15, -0.1) is 0 Å². The molecule has 0 unspecified atom stereocenters. The number of anilines is 1. The highest BCUT2D eigenvalue weighted by molar-refractivity contribution is 6.11. The average molecular weight is 427 g/mol. The van der Waals surface area contributed by atoms with Crippen molar-refractivity contribution in [3.05, 3.63) is 121 Å². The SMILES string of the molecule is C.Nc1cccc(-n2c3ccc(-c4ccccc4)cc3c3cc(-c4ccccc4)ccc32)c1. The maximum absolute atomic E-state index is 6.14. The van der Waals surface area contributed by atoms with E-state index >= 15 is 0 Å². The summed E-state index contributed by atoms with van der Waals surface area (Å²) in [7, 11) is 0. The van der Waals surface area contributed by atoms with E-state index < -0.39 is 0 Å². The molecule has 2 nitrogen and oxygen atoms in total. The van der Waals surface area contributed by atoms with E-state index in [4.69, 9.17) is 5.73 Å². The zero-order valence-electron chi connectivity index (χ0n) is 17.6. The molecule has 0 aliphatic rings. The van der Waals surface area contributed by atoms with Crippen LogP contribution in [0, 0.1) is 0 Å². The van der Waals surface area contributed by atoms with Crippen LogP contribution in [0.1, 0.15) is 7.43 Å². The van der Waals surface area contributed by atoms with Crippen LogP contribution < -0.4 is 5.73 Å². The fourth-order valence-corrected chi connectivity index (χ4v) is 4.59. The van der Waals surface area contributed by atoms with Crippen LogP contribution in [0.2, 0.25) is 0 Å². The molecule has 2 N–H and O–H groups in total. The lowest BCUT2D eigenvalue weighted by molar-refractivity contribution is 1.18. The van der Waals surface area contributed by atoms with Crippen molar-refractivity contribution in [3.8, 4) is 27.9 Å².